The molecule has 0 amide bonds. The number of hydrogen-bond acceptors (Lipinski definition) is 3. The fourth-order valence-electron chi connectivity index (χ4n) is 1.44. The minimum absolute atomic E-state index is 0.00370. The Kier molecular flexibility index (Phi) is 3.30. The third kappa shape index (κ3) is 1.96. The first-order valence-electron chi connectivity index (χ1n) is 4.66. The van der Waals surface area contributed by atoms with E-state index >= 15 is 0 Å². The molecule has 1 aromatic heterocycles. The van der Waals surface area contributed by atoms with Gasteiger partial charge in [-0.3, -0.25) is 9.36 Å². The summed E-state index contributed by atoms with van der Waals surface area (Å²) in [7, 11) is 1.56. The zero-order valence-electron chi connectivity index (χ0n) is 8.58. The van der Waals surface area contributed by atoms with Crippen molar-refractivity contribution in [2.24, 2.45) is 12.8 Å². The molecule has 0 saturated heterocycles. The summed E-state index contributed by atoms with van der Waals surface area (Å²) in [6.45, 7) is 2.40. The molecule has 1 aromatic rings. The number of aromatic nitrogens is 1. The quantitative estimate of drug-likeness (QED) is 0.730. The Morgan fingerprint density at radius 2 is 2.21 bits per heavy atom. The van der Waals surface area contributed by atoms with Gasteiger partial charge in [0.25, 0.3) is 5.56 Å². The highest BCUT2D eigenvalue weighted by molar-refractivity contribution is 5.28. The molecule has 0 aliphatic rings. The predicted molar refractivity (Wildman–Crippen MR) is 55.5 cm³/mol. The molecule has 0 spiro atoms. The molecule has 0 radical (unpaired) electrons. The Morgan fingerprint density at radius 1 is 1.57 bits per heavy atom. The predicted octanol–water partition coefficient (Wildman–Crippen LogP) is 0.291. The topological polar surface area (TPSA) is 68.2 Å². The number of hydrogen-bond donors (Lipinski definition) is 2. The van der Waals surface area contributed by atoms with Crippen molar-refractivity contribution in [3.8, 4) is 5.88 Å². The number of nitrogens with two attached hydrogens (primary N) is 1. The van der Waals surface area contributed by atoms with E-state index in [1.54, 1.807) is 13.1 Å². The van der Waals surface area contributed by atoms with Gasteiger partial charge in [0.1, 0.15) is 0 Å². The van der Waals surface area contributed by atoms with Crippen LogP contribution < -0.4 is 11.3 Å². The van der Waals surface area contributed by atoms with Crippen LogP contribution in [0.5, 0.6) is 5.88 Å². The standard InChI is InChI=1S/C10H16N2O2/c1-7-6-9(13)12(2)10(14)8(7)4-3-5-11/h6,13H,3-5,11H2,1-2H3. The Balaban J connectivity index is 3.16. The van der Waals surface area contributed by atoms with Gasteiger partial charge in [-0.15, -0.1) is 0 Å². The van der Waals surface area contributed by atoms with Gasteiger partial charge in [-0.2, -0.15) is 0 Å². The normalized spacial score (nSPS) is 10.5. The van der Waals surface area contributed by atoms with E-state index in [-0.39, 0.29) is 11.4 Å². The maximum Gasteiger partial charge on any atom is 0.256 e. The molecule has 0 bridgehead atoms. The molecule has 0 aromatic carbocycles. The van der Waals surface area contributed by atoms with E-state index in [0.717, 1.165) is 17.5 Å². The van der Waals surface area contributed by atoms with Gasteiger partial charge < -0.3 is 10.8 Å². The molecule has 4 heteroatoms. The van der Waals surface area contributed by atoms with Crippen LogP contribution in [0.3, 0.4) is 0 Å². The first kappa shape index (κ1) is 10.8. The summed E-state index contributed by atoms with van der Waals surface area (Å²) in [6.07, 6.45) is 1.47. The van der Waals surface area contributed by atoms with Crippen LogP contribution in [0.2, 0.25) is 0 Å². The van der Waals surface area contributed by atoms with Gasteiger partial charge in [-0.25, -0.2) is 0 Å². The van der Waals surface area contributed by atoms with Crippen molar-refractivity contribution in [1.29, 1.82) is 0 Å². The second kappa shape index (κ2) is 4.28. The third-order valence-corrected chi connectivity index (χ3v) is 2.36. The summed E-state index contributed by atoms with van der Waals surface area (Å²) in [5, 5.41) is 9.37. The zero-order valence-corrected chi connectivity index (χ0v) is 8.58. The van der Waals surface area contributed by atoms with Gasteiger partial charge >= 0.3 is 0 Å². The highest BCUT2D eigenvalue weighted by Crippen LogP contribution is 2.11. The lowest BCUT2D eigenvalue weighted by atomic mass is 10.1. The summed E-state index contributed by atoms with van der Waals surface area (Å²) in [5.74, 6) is 0.00370. The van der Waals surface area contributed by atoms with Crippen molar-refractivity contribution in [2.75, 3.05) is 6.54 Å². The lowest BCUT2D eigenvalue weighted by Crippen LogP contribution is -2.22. The van der Waals surface area contributed by atoms with Crippen LogP contribution in [-0.4, -0.2) is 16.2 Å². The van der Waals surface area contributed by atoms with Crippen LogP contribution >= 0.6 is 0 Å². The zero-order chi connectivity index (χ0) is 10.7. The molecule has 1 heterocycles. The van der Waals surface area contributed by atoms with Crippen molar-refractivity contribution in [2.45, 2.75) is 19.8 Å². The molecular formula is C10H16N2O2. The average molecular weight is 196 g/mol. The molecule has 3 N–H and O–H groups in total. The van der Waals surface area contributed by atoms with Crippen molar-refractivity contribution >= 4 is 0 Å². The van der Waals surface area contributed by atoms with E-state index in [1.165, 1.54) is 4.57 Å². The summed E-state index contributed by atoms with van der Waals surface area (Å²) < 4.78 is 1.25. The Morgan fingerprint density at radius 3 is 2.79 bits per heavy atom. The van der Waals surface area contributed by atoms with E-state index in [1.807, 2.05) is 6.92 Å². The molecule has 4 nitrogen and oxygen atoms in total. The van der Waals surface area contributed by atoms with Crippen LogP contribution in [-0.2, 0) is 13.5 Å². The van der Waals surface area contributed by atoms with Crippen LogP contribution in [0.15, 0.2) is 10.9 Å². The van der Waals surface area contributed by atoms with Crippen LogP contribution in [0.4, 0.5) is 0 Å². The van der Waals surface area contributed by atoms with Crippen LogP contribution in [0.1, 0.15) is 17.5 Å². The molecule has 0 aliphatic heterocycles. The number of rotatable bonds is 3. The van der Waals surface area contributed by atoms with Gasteiger partial charge in [0.2, 0.25) is 0 Å². The van der Waals surface area contributed by atoms with Crippen molar-refractivity contribution in [3.63, 3.8) is 0 Å². The molecule has 78 valence electrons. The molecule has 0 unspecified atom stereocenters. The van der Waals surface area contributed by atoms with Gasteiger partial charge in [-0.05, 0) is 31.9 Å². The third-order valence-electron chi connectivity index (χ3n) is 2.36. The van der Waals surface area contributed by atoms with Gasteiger partial charge in [0, 0.05) is 18.7 Å². The number of nitrogens with zero attached hydrogens (tertiary/aromatic N) is 1. The summed E-state index contributed by atoms with van der Waals surface area (Å²) >= 11 is 0. The molecule has 0 atom stereocenters. The Hall–Kier alpha value is -1.29. The van der Waals surface area contributed by atoms with Crippen LogP contribution in [0.25, 0.3) is 0 Å². The molecule has 1 rings (SSSR count). The SMILES string of the molecule is Cc1cc(O)n(C)c(=O)c1CCCN. The molecule has 14 heavy (non-hydrogen) atoms. The van der Waals surface area contributed by atoms with E-state index in [2.05, 4.69) is 0 Å². The smallest absolute Gasteiger partial charge is 0.256 e. The maximum atomic E-state index is 11.7. The largest absolute Gasteiger partial charge is 0.494 e. The van der Waals surface area contributed by atoms with Gasteiger partial charge in [-0.1, -0.05) is 0 Å². The lowest BCUT2D eigenvalue weighted by Gasteiger charge is -2.08. The Labute approximate surface area is 83.0 Å². The summed E-state index contributed by atoms with van der Waals surface area (Å²) in [5.41, 5.74) is 6.84. The van der Waals surface area contributed by atoms with Crippen molar-refractivity contribution < 1.29 is 5.11 Å². The fourth-order valence-corrected chi connectivity index (χ4v) is 1.44. The van der Waals surface area contributed by atoms with E-state index in [0.29, 0.717) is 13.0 Å². The highest BCUT2D eigenvalue weighted by Gasteiger charge is 2.08. The Bertz CT molecular complexity index is 382. The second-order valence-electron chi connectivity index (χ2n) is 3.42. The fraction of sp³-hybridized carbons (Fsp3) is 0.500. The van der Waals surface area contributed by atoms with E-state index in [9.17, 15) is 9.90 Å². The van der Waals surface area contributed by atoms with Crippen molar-refractivity contribution in [3.05, 3.63) is 27.5 Å². The van der Waals surface area contributed by atoms with Gasteiger partial charge in [0.15, 0.2) is 5.88 Å². The first-order chi connectivity index (χ1) is 6.57. The van der Waals surface area contributed by atoms with E-state index in [4.69, 9.17) is 5.73 Å². The molecular weight excluding hydrogens is 180 g/mol. The minimum Gasteiger partial charge on any atom is -0.494 e. The summed E-state index contributed by atoms with van der Waals surface area (Å²) in [4.78, 5) is 11.7. The monoisotopic (exact) mass is 196 g/mol. The lowest BCUT2D eigenvalue weighted by molar-refractivity contribution is 0.421. The highest BCUT2D eigenvalue weighted by atomic mass is 16.3. The van der Waals surface area contributed by atoms with E-state index < -0.39 is 0 Å². The van der Waals surface area contributed by atoms with Crippen molar-refractivity contribution in [1.82, 2.24) is 4.57 Å². The van der Waals surface area contributed by atoms with Gasteiger partial charge in [0.05, 0.1) is 0 Å². The number of aryl methyl sites for hydroxylation is 1. The molecule has 0 saturated carbocycles. The minimum atomic E-state index is -0.129. The number of pyridine rings is 1. The first-order valence-corrected chi connectivity index (χ1v) is 4.66. The molecule has 0 aliphatic carbocycles. The summed E-state index contributed by atoms with van der Waals surface area (Å²) in [6, 6.07) is 1.60. The van der Waals surface area contributed by atoms with Crippen LogP contribution in [0, 0.1) is 6.92 Å². The second-order valence-corrected chi connectivity index (χ2v) is 3.42. The molecule has 0 fully saturated rings. The average Bonchev–Trinajstić information content (AvgIpc) is 2.14. The maximum absolute atomic E-state index is 11.7. The number of aromatic hydroxyl groups is 1.